The lowest BCUT2D eigenvalue weighted by atomic mass is 9.74. The minimum Gasteiger partial charge on any atom is -0.459 e. The standard InChI is InChI=1S/C52H90N6O12S2/c1-30-26-50(9,62)46(70-49-32(3)39(58(12)13)25-31(2)66-49)34(5)43(69-41-27-51(10,64-14)45(60)36(7)67-41)35(6)48(61)68-37(8)52(11,63)44(59)33(4)42(30)57-65-23-21-53-19-17-15-16-18-20-54-28-40-56-38(29-72-40)47-55-22-24-71-47/h22,24,29-37,39,41,43-46,49,53-54,59-60,62-63H,15-21,23,25-28H2,1-14H3/b57-42+/t30-,31-,32-,33+,34+,35-,36?,37-,39?,41?,43+,44-,45+,46-,49?,50-,51-,52-/m1/s1. The highest BCUT2D eigenvalue weighted by Gasteiger charge is 2.53. The van der Waals surface area contributed by atoms with Gasteiger partial charge in [0.2, 0.25) is 0 Å². The molecule has 412 valence electrons. The molecule has 0 saturated carbocycles. The molecule has 72 heavy (non-hydrogen) atoms. The SMILES string of the molecule is CO[C@]1(C)CC(O[C@H]2[C@H](C)[C@@H](OC3O[C@H](C)CC(N(C)C)[C@H]3C)[C@](C)(O)C[C@@H](C)/C(=N\OCCNCCCCCCNCc3nc(-c4nccs4)cs3)[C@H](C)[C@@H](O)[C@](C)(O)[C@@H](C)OC(=O)[C@@H]2C)OC(C)[C@@H]1O. The molecule has 2 aromatic rings. The van der Waals surface area contributed by atoms with Crippen LogP contribution in [0, 0.1) is 29.6 Å². The molecule has 5 heterocycles. The third-order valence-electron chi connectivity index (χ3n) is 15.5. The van der Waals surface area contributed by atoms with Gasteiger partial charge in [0.05, 0.1) is 53.4 Å². The number of nitrogens with one attached hydrogen (secondary N) is 2. The van der Waals surface area contributed by atoms with E-state index in [1.807, 2.05) is 40.2 Å². The van der Waals surface area contributed by atoms with E-state index >= 15 is 0 Å². The van der Waals surface area contributed by atoms with Crippen molar-refractivity contribution in [2.75, 3.05) is 47.4 Å². The number of hydrogen-bond donors (Lipinski definition) is 6. The van der Waals surface area contributed by atoms with Crippen LogP contribution in [-0.2, 0) is 44.6 Å². The average molecular weight is 1060 g/mol. The van der Waals surface area contributed by atoms with Crippen molar-refractivity contribution in [3.05, 3.63) is 22.0 Å². The molecule has 3 aliphatic heterocycles. The number of unbranched alkanes of at least 4 members (excludes halogenated alkanes) is 3. The first kappa shape index (κ1) is 60.6. The van der Waals surface area contributed by atoms with Gasteiger partial charge in [-0.3, -0.25) is 4.79 Å². The monoisotopic (exact) mass is 1050 g/mol. The van der Waals surface area contributed by atoms with Gasteiger partial charge in [-0.15, -0.1) is 22.7 Å². The van der Waals surface area contributed by atoms with Crippen LogP contribution in [-0.4, -0.2) is 173 Å². The number of aliphatic hydroxyl groups excluding tert-OH is 2. The number of methoxy groups -OCH3 is 1. The number of aromatic nitrogens is 2. The van der Waals surface area contributed by atoms with E-state index in [0.717, 1.165) is 67.4 Å². The van der Waals surface area contributed by atoms with Crippen molar-refractivity contribution in [2.45, 2.75) is 206 Å². The second-order valence-corrected chi connectivity index (χ2v) is 23.7. The van der Waals surface area contributed by atoms with Crippen LogP contribution in [0.2, 0.25) is 0 Å². The lowest BCUT2D eigenvalue weighted by molar-refractivity contribution is -0.312. The van der Waals surface area contributed by atoms with Crippen molar-refractivity contribution in [3.8, 4) is 10.7 Å². The Bertz CT molecular complexity index is 1960. The van der Waals surface area contributed by atoms with E-state index in [1.54, 1.807) is 70.4 Å². The molecule has 0 bridgehead atoms. The fourth-order valence-corrected chi connectivity index (χ4v) is 12.2. The summed E-state index contributed by atoms with van der Waals surface area (Å²) in [4.78, 5) is 31.5. The number of aliphatic hydroxyl groups is 4. The molecule has 0 amide bonds. The maximum atomic E-state index is 14.4. The number of ether oxygens (including phenoxy) is 6. The number of oxime groups is 1. The molecule has 3 fully saturated rings. The van der Waals surface area contributed by atoms with Crippen LogP contribution in [0.25, 0.3) is 10.7 Å². The normalized spacial score (nSPS) is 39.2. The Hall–Kier alpha value is -2.28. The van der Waals surface area contributed by atoms with Gasteiger partial charge < -0.3 is 69.2 Å². The van der Waals surface area contributed by atoms with Crippen molar-refractivity contribution in [1.82, 2.24) is 25.5 Å². The first-order chi connectivity index (χ1) is 33.9. The number of thiazole rings is 2. The Morgan fingerprint density at radius 1 is 0.875 bits per heavy atom. The summed E-state index contributed by atoms with van der Waals surface area (Å²) in [6.45, 7) is 22.8. The van der Waals surface area contributed by atoms with E-state index in [2.05, 4.69) is 38.0 Å². The number of rotatable bonds is 20. The Morgan fingerprint density at radius 3 is 2.22 bits per heavy atom. The zero-order chi connectivity index (χ0) is 53.1. The van der Waals surface area contributed by atoms with Crippen molar-refractivity contribution in [1.29, 1.82) is 0 Å². The molecule has 2 aromatic heterocycles. The fourth-order valence-electron chi connectivity index (χ4n) is 10.8. The van der Waals surface area contributed by atoms with Gasteiger partial charge in [-0.05, 0) is 101 Å². The predicted molar refractivity (Wildman–Crippen MR) is 279 cm³/mol. The molecular formula is C52H90N6O12S2. The Labute approximate surface area is 437 Å². The minimum absolute atomic E-state index is 0.0795. The van der Waals surface area contributed by atoms with Gasteiger partial charge in [0, 0.05) is 73.3 Å². The Morgan fingerprint density at radius 2 is 1.57 bits per heavy atom. The van der Waals surface area contributed by atoms with E-state index in [9.17, 15) is 25.2 Å². The van der Waals surface area contributed by atoms with E-state index in [0.29, 0.717) is 12.3 Å². The maximum Gasteiger partial charge on any atom is 0.311 e. The second-order valence-electron chi connectivity index (χ2n) is 21.8. The smallest absolute Gasteiger partial charge is 0.311 e. The summed E-state index contributed by atoms with van der Waals surface area (Å²) >= 11 is 3.25. The molecule has 20 heteroatoms. The van der Waals surface area contributed by atoms with E-state index in [4.69, 9.17) is 38.2 Å². The first-order valence-corrected chi connectivity index (χ1v) is 28.0. The van der Waals surface area contributed by atoms with Crippen LogP contribution in [0.15, 0.2) is 22.1 Å². The highest BCUT2D eigenvalue weighted by molar-refractivity contribution is 7.14. The highest BCUT2D eigenvalue weighted by atomic mass is 32.1. The molecule has 18 atom stereocenters. The molecule has 18 nitrogen and oxygen atoms in total. The molecule has 0 radical (unpaired) electrons. The van der Waals surface area contributed by atoms with Gasteiger partial charge in [-0.2, -0.15) is 0 Å². The average Bonchev–Trinajstić information content (AvgIpc) is 4.04. The number of carbonyl (C=O) groups excluding carboxylic acids is 1. The van der Waals surface area contributed by atoms with Gasteiger partial charge in [-0.1, -0.05) is 45.7 Å². The van der Waals surface area contributed by atoms with E-state index in [1.165, 1.54) is 14.0 Å². The summed E-state index contributed by atoms with van der Waals surface area (Å²) < 4.78 is 38.5. The Kier molecular flexibility index (Phi) is 22.9. The minimum atomic E-state index is -1.94. The zero-order valence-electron chi connectivity index (χ0n) is 45.5. The van der Waals surface area contributed by atoms with Gasteiger partial charge in [-0.25, -0.2) is 9.97 Å². The number of esters is 1. The summed E-state index contributed by atoms with van der Waals surface area (Å²) in [5, 5.41) is 65.6. The molecule has 0 aromatic carbocycles. The van der Waals surface area contributed by atoms with Crippen molar-refractivity contribution in [3.63, 3.8) is 0 Å². The van der Waals surface area contributed by atoms with Gasteiger partial charge in [0.15, 0.2) is 12.6 Å². The van der Waals surface area contributed by atoms with Crippen LogP contribution in [0.3, 0.4) is 0 Å². The molecule has 4 unspecified atom stereocenters. The van der Waals surface area contributed by atoms with Crippen LogP contribution >= 0.6 is 22.7 Å². The third-order valence-corrected chi connectivity index (χ3v) is 17.2. The van der Waals surface area contributed by atoms with Crippen LogP contribution in [0.1, 0.15) is 126 Å². The lowest BCUT2D eigenvalue weighted by Crippen LogP contribution is -2.60. The molecule has 3 aliphatic rings. The molecule has 6 N–H and O–H groups in total. The summed E-state index contributed by atoms with van der Waals surface area (Å²) in [5.41, 5.74) is -3.25. The van der Waals surface area contributed by atoms with Crippen molar-refractivity contribution in [2.24, 2.45) is 34.7 Å². The van der Waals surface area contributed by atoms with E-state index < -0.39 is 95.6 Å². The van der Waals surface area contributed by atoms with Crippen molar-refractivity contribution < 1.29 is 58.5 Å². The molecule has 5 rings (SSSR count). The number of cyclic esters (lactones) is 1. The van der Waals surface area contributed by atoms with E-state index in [-0.39, 0.29) is 37.5 Å². The van der Waals surface area contributed by atoms with Gasteiger partial charge in [0.25, 0.3) is 0 Å². The molecule has 0 aliphatic carbocycles. The van der Waals surface area contributed by atoms with Gasteiger partial charge in [0.1, 0.15) is 40.1 Å². The number of carbonyl (C=O) groups is 1. The largest absolute Gasteiger partial charge is 0.459 e. The van der Waals surface area contributed by atoms with Crippen LogP contribution < -0.4 is 10.6 Å². The summed E-state index contributed by atoms with van der Waals surface area (Å²) in [5.74, 6) is -3.86. The highest BCUT2D eigenvalue weighted by Crippen LogP contribution is 2.41. The lowest BCUT2D eigenvalue weighted by Gasteiger charge is -2.49. The quantitative estimate of drug-likeness (QED) is 0.0508. The van der Waals surface area contributed by atoms with Gasteiger partial charge >= 0.3 is 5.97 Å². The topological polar surface area (TPSA) is 228 Å². The first-order valence-electron chi connectivity index (χ1n) is 26.2. The predicted octanol–water partition coefficient (Wildman–Crippen LogP) is 5.99. The summed E-state index contributed by atoms with van der Waals surface area (Å²) in [7, 11) is 5.59. The molecular weight excluding hydrogens is 965 g/mol. The fraction of sp³-hybridized carbons (Fsp3) is 0.846. The molecule has 3 saturated heterocycles. The zero-order valence-corrected chi connectivity index (χ0v) is 47.2. The summed E-state index contributed by atoms with van der Waals surface area (Å²) in [6, 6.07) is 0.118. The van der Waals surface area contributed by atoms with Crippen LogP contribution in [0.5, 0.6) is 0 Å². The third kappa shape index (κ3) is 15.7. The summed E-state index contributed by atoms with van der Waals surface area (Å²) in [6.07, 6.45) is -1.03. The molecule has 0 spiro atoms. The number of hydrogen-bond acceptors (Lipinski definition) is 20. The van der Waals surface area contributed by atoms with Crippen LogP contribution in [0.4, 0.5) is 0 Å². The van der Waals surface area contributed by atoms with Crippen molar-refractivity contribution >= 4 is 34.4 Å². The number of nitrogens with zero attached hydrogens (tertiary/aromatic N) is 4. The Balaban J connectivity index is 1.30. The maximum absolute atomic E-state index is 14.4. The second kappa shape index (κ2) is 27.2.